The molecule has 8 nitrogen and oxygen atoms in total. The molecular weight excluding hydrogens is 384 g/mol. The highest BCUT2D eigenvalue weighted by Gasteiger charge is 2.16. The number of ether oxygens (including phenoxy) is 3. The van der Waals surface area contributed by atoms with Crippen LogP contribution in [0.4, 0.5) is 17.2 Å². The number of amides is 1. The summed E-state index contributed by atoms with van der Waals surface area (Å²) in [5.74, 6) is 2.35. The van der Waals surface area contributed by atoms with Gasteiger partial charge in [-0.3, -0.25) is 4.79 Å². The number of hydrogen-bond donors (Lipinski definition) is 2. The van der Waals surface area contributed by atoms with Gasteiger partial charge in [0.1, 0.15) is 11.6 Å². The molecule has 8 heteroatoms. The fraction of sp³-hybridized carbons (Fsp3) is 0.227. The third kappa shape index (κ3) is 4.96. The molecule has 0 fully saturated rings. The van der Waals surface area contributed by atoms with E-state index in [1.54, 1.807) is 43.3 Å². The number of anilines is 3. The van der Waals surface area contributed by atoms with Crippen molar-refractivity contribution >= 4 is 23.1 Å². The fourth-order valence-electron chi connectivity index (χ4n) is 2.88. The predicted octanol–water partition coefficient (Wildman–Crippen LogP) is 4.20. The number of benzene rings is 2. The van der Waals surface area contributed by atoms with Crippen molar-refractivity contribution in [2.24, 2.45) is 0 Å². The SMILES string of the molecule is CCOc1cc(Nc2ccc(NC(=O)c3cccc(OC)c3OC)cc2)nc(C)n1. The number of para-hydroxylation sites is 1. The van der Waals surface area contributed by atoms with E-state index < -0.39 is 0 Å². The van der Waals surface area contributed by atoms with Gasteiger partial charge in [-0.2, -0.15) is 4.98 Å². The van der Waals surface area contributed by atoms with Gasteiger partial charge >= 0.3 is 0 Å². The van der Waals surface area contributed by atoms with Crippen molar-refractivity contribution < 1.29 is 19.0 Å². The summed E-state index contributed by atoms with van der Waals surface area (Å²) in [5.41, 5.74) is 1.84. The smallest absolute Gasteiger partial charge is 0.259 e. The zero-order chi connectivity index (χ0) is 21.5. The first kappa shape index (κ1) is 20.9. The Balaban J connectivity index is 1.72. The lowest BCUT2D eigenvalue weighted by Crippen LogP contribution is -2.13. The fourth-order valence-corrected chi connectivity index (χ4v) is 2.88. The highest BCUT2D eigenvalue weighted by atomic mass is 16.5. The maximum absolute atomic E-state index is 12.7. The highest BCUT2D eigenvalue weighted by Crippen LogP contribution is 2.31. The van der Waals surface area contributed by atoms with Crippen LogP contribution < -0.4 is 24.8 Å². The van der Waals surface area contributed by atoms with Crippen LogP contribution in [-0.4, -0.2) is 36.7 Å². The van der Waals surface area contributed by atoms with E-state index in [4.69, 9.17) is 14.2 Å². The number of carbonyl (C=O) groups is 1. The normalized spacial score (nSPS) is 10.3. The molecule has 1 heterocycles. The zero-order valence-electron chi connectivity index (χ0n) is 17.4. The molecule has 0 atom stereocenters. The number of hydrogen-bond acceptors (Lipinski definition) is 7. The third-order valence-corrected chi connectivity index (χ3v) is 4.17. The third-order valence-electron chi connectivity index (χ3n) is 4.17. The molecule has 2 N–H and O–H groups in total. The molecule has 2 aromatic carbocycles. The van der Waals surface area contributed by atoms with Crippen LogP contribution in [0.1, 0.15) is 23.1 Å². The average Bonchev–Trinajstić information content (AvgIpc) is 2.74. The molecule has 3 rings (SSSR count). The molecule has 0 radical (unpaired) electrons. The highest BCUT2D eigenvalue weighted by molar-refractivity contribution is 6.06. The lowest BCUT2D eigenvalue weighted by Gasteiger charge is -2.13. The van der Waals surface area contributed by atoms with Crippen LogP contribution >= 0.6 is 0 Å². The van der Waals surface area contributed by atoms with Crippen LogP contribution in [0, 0.1) is 6.92 Å². The molecule has 1 aromatic heterocycles. The van der Waals surface area contributed by atoms with Crippen LogP contribution in [0.25, 0.3) is 0 Å². The molecule has 1 amide bonds. The average molecular weight is 408 g/mol. The summed E-state index contributed by atoms with van der Waals surface area (Å²) in [6.45, 7) is 4.24. The number of aryl methyl sites for hydroxylation is 1. The number of nitrogens with one attached hydrogen (secondary N) is 2. The summed E-state index contributed by atoms with van der Waals surface area (Å²) >= 11 is 0. The number of carbonyl (C=O) groups excluding carboxylic acids is 1. The molecule has 0 aliphatic rings. The minimum absolute atomic E-state index is 0.292. The lowest BCUT2D eigenvalue weighted by atomic mass is 10.1. The first-order valence-electron chi connectivity index (χ1n) is 9.42. The Morgan fingerprint density at radius 2 is 1.73 bits per heavy atom. The first-order chi connectivity index (χ1) is 14.5. The van der Waals surface area contributed by atoms with Crippen molar-refractivity contribution in [3.8, 4) is 17.4 Å². The Hall–Kier alpha value is -3.81. The van der Waals surface area contributed by atoms with Crippen LogP contribution in [0.5, 0.6) is 17.4 Å². The topological polar surface area (TPSA) is 94.6 Å². The van der Waals surface area contributed by atoms with Crippen LogP contribution in [0.15, 0.2) is 48.5 Å². The predicted molar refractivity (Wildman–Crippen MR) is 115 cm³/mol. The minimum Gasteiger partial charge on any atom is -0.493 e. The molecule has 3 aromatic rings. The van der Waals surface area contributed by atoms with E-state index in [9.17, 15) is 4.79 Å². The van der Waals surface area contributed by atoms with Gasteiger partial charge in [-0.25, -0.2) is 4.98 Å². The van der Waals surface area contributed by atoms with E-state index in [0.717, 1.165) is 5.69 Å². The van der Waals surface area contributed by atoms with Gasteiger partial charge in [0.2, 0.25) is 5.88 Å². The lowest BCUT2D eigenvalue weighted by molar-refractivity contribution is 0.102. The van der Waals surface area contributed by atoms with Crippen molar-refractivity contribution in [3.63, 3.8) is 0 Å². The van der Waals surface area contributed by atoms with Gasteiger partial charge in [-0.1, -0.05) is 6.07 Å². The van der Waals surface area contributed by atoms with Crippen molar-refractivity contribution in [1.82, 2.24) is 9.97 Å². The molecule has 30 heavy (non-hydrogen) atoms. The van der Waals surface area contributed by atoms with Crippen molar-refractivity contribution in [2.45, 2.75) is 13.8 Å². The summed E-state index contributed by atoms with van der Waals surface area (Å²) in [5, 5.41) is 6.07. The summed E-state index contributed by atoms with van der Waals surface area (Å²) in [6, 6.07) is 14.2. The van der Waals surface area contributed by atoms with Gasteiger partial charge in [-0.15, -0.1) is 0 Å². The van der Waals surface area contributed by atoms with Crippen molar-refractivity contribution in [1.29, 1.82) is 0 Å². The Bertz CT molecular complexity index is 1020. The van der Waals surface area contributed by atoms with Crippen LogP contribution in [-0.2, 0) is 0 Å². The van der Waals surface area contributed by atoms with Gasteiger partial charge in [0.15, 0.2) is 11.5 Å². The van der Waals surface area contributed by atoms with Gasteiger partial charge in [0.05, 0.1) is 26.4 Å². The standard InChI is InChI=1S/C22H24N4O4/c1-5-30-20-13-19(23-14(2)24-20)25-15-9-11-16(12-10-15)26-22(27)17-7-6-8-18(28-3)21(17)29-4/h6-13H,5H2,1-4H3,(H,26,27)(H,23,24,25). The first-order valence-corrected chi connectivity index (χ1v) is 9.42. The summed E-state index contributed by atoms with van der Waals surface area (Å²) < 4.78 is 16.0. The molecule has 156 valence electrons. The number of rotatable bonds is 8. The van der Waals surface area contributed by atoms with E-state index in [1.807, 2.05) is 19.1 Å². The number of nitrogens with zero attached hydrogens (tertiary/aromatic N) is 2. The maximum Gasteiger partial charge on any atom is 0.259 e. The number of methoxy groups -OCH3 is 2. The molecule has 0 bridgehead atoms. The molecule has 0 saturated carbocycles. The largest absolute Gasteiger partial charge is 0.493 e. The summed E-state index contributed by atoms with van der Waals surface area (Å²) in [6.07, 6.45) is 0. The monoisotopic (exact) mass is 408 g/mol. The van der Waals surface area contributed by atoms with E-state index in [0.29, 0.717) is 46.9 Å². The molecule has 0 spiro atoms. The molecule has 0 aliphatic heterocycles. The summed E-state index contributed by atoms with van der Waals surface area (Å²) in [7, 11) is 3.03. The van der Waals surface area contributed by atoms with Crippen molar-refractivity contribution in [3.05, 3.63) is 59.9 Å². The van der Waals surface area contributed by atoms with E-state index >= 15 is 0 Å². The van der Waals surface area contributed by atoms with Gasteiger partial charge in [-0.05, 0) is 50.2 Å². The van der Waals surface area contributed by atoms with E-state index in [2.05, 4.69) is 20.6 Å². The zero-order valence-corrected chi connectivity index (χ0v) is 17.4. The van der Waals surface area contributed by atoms with Gasteiger partial charge in [0, 0.05) is 17.4 Å². The van der Waals surface area contributed by atoms with Gasteiger partial charge < -0.3 is 24.8 Å². The van der Waals surface area contributed by atoms with E-state index in [1.165, 1.54) is 14.2 Å². The molecule has 0 aliphatic carbocycles. The molecule has 0 unspecified atom stereocenters. The Morgan fingerprint density at radius 3 is 2.40 bits per heavy atom. The molecule has 0 saturated heterocycles. The second kappa shape index (κ2) is 9.60. The van der Waals surface area contributed by atoms with Crippen LogP contribution in [0.2, 0.25) is 0 Å². The van der Waals surface area contributed by atoms with Crippen molar-refractivity contribution in [2.75, 3.05) is 31.5 Å². The summed E-state index contributed by atoms with van der Waals surface area (Å²) in [4.78, 5) is 21.3. The van der Waals surface area contributed by atoms with Crippen LogP contribution in [0.3, 0.4) is 0 Å². The Kier molecular flexibility index (Phi) is 6.69. The minimum atomic E-state index is -0.292. The number of aromatic nitrogens is 2. The molecular formula is C22H24N4O4. The Labute approximate surface area is 175 Å². The second-order valence-electron chi connectivity index (χ2n) is 6.27. The van der Waals surface area contributed by atoms with E-state index in [-0.39, 0.29) is 5.91 Å². The van der Waals surface area contributed by atoms with Gasteiger partial charge in [0.25, 0.3) is 5.91 Å². The Morgan fingerprint density at radius 1 is 1.00 bits per heavy atom. The quantitative estimate of drug-likeness (QED) is 0.577. The maximum atomic E-state index is 12.7. The second-order valence-corrected chi connectivity index (χ2v) is 6.27.